The minimum absolute atomic E-state index is 0.170. The van der Waals surface area contributed by atoms with Crippen LogP contribution in [0.1, 0.15) is 18.2 Å². The Kier molecular flexibility index (Phi) is 8.09. The van der Waals surface area contributed by atoms with Crippen molar-refractivity contribution in [3.8, 4) is 28.7 Å². The summed E-state index contributed by atoms with van der Waals surface area (Å²) in [5, 5.41) is 14.2. The summed E-state index contributed by atoms with van der Waals surface area (Å²) in [7, 11) is 0. The van der Waals surface area contributed by atoms with Gasteiger partial charge in [-0.05, 0) is 61.9 Å². The zero-order chi connectivity index (χ0) is 27.1. The fourth-order valence-corrected chi connectivity index (χ4v) is 3.40. The summed E-state index contributed by atoms with van der Waals surface area (Å²) in [6.45, 7) is 5.23. The van der Waals surface area contributed by atoms with Crippen molar-refractivity contribution in [2.45, 2.75) is 26.8 Å². The number of nitrogens with one attached hydrogen (secondary N) is 2. The standard InChI is InChI=1S/C24H24F3N7O4/c1-3-36-23(35)30-11-10-29-20-13-16(8-9-28-20)14-34-15(2)12-19(32-34)22-31-21(33-38-22)17-4-6-18(7-5-17)37-24(25,26)27/h4-9,12-13H,3,10-11,14H2,1-2H3,(H,28,29)(H,30,35). The van der Waals surface area contributed by atoms with Crippen molar-refractivity contribution >= 4 is 11.9 Å². The van der Waals surface area contributed by atoms with Crippen LogP contribution in [-0.2, 0) is 11.3 Å². The van der Waals surface area contributed by atoms with Gasteiger partial charge in [-0.2, -0.15) is 10.1 Å². The molecule has 11 nitrogen and oxygen atoms in total. The summed E-state index contributed by atoms with van der Waals surface area (Å²) in [6, 6.07) is 10.7. The first kappa shape index (κ1) is 26.4. The molecule has 0 fully saturated rings. The number of pyridine rings is 1. The summed E-state index contributed by atoms with van der Waals surface area (Å²) in [6.07, 6.45) is -3.57. The minimum Gasteiger partial charge on any atom is -0.450 e. The number of alkyl carbamates (subject to hydrolysis) is 1. The number of hydrogen-bond acceptors (Lipinski definition) is 9. The number of halogens is 3. The van der Waals surface area contributed by atoms with Gasteiger partial charge in [-0.25, -0.2) is 9.78 Å². The highest BCUT2D eigenvalue weighted by Gasteiger charge is 2.31. The van der Waals surface area contributed by atoms with Crippen LogP contribution in [0.15, 0.2) is 53.2 Å². The molecule has 3 heterocycles. The number of carbonyl (C=O) groups is 1. The molecule has 4 aromatic rings. The second kappa shape index (κ2) is 11.6. The van der Waals surface area contributed by atoms with E-state index in [0.717, 1.165) is 11.3 Å². The zero-order valence-corrected chi connectivity index (χ0v) is 20.5. The molecule has 1 aromatic carbocycles. The van der Waals surface area contributed by atoms with Crippen LogP contribution in [-0.4, -0.2) is 57.1 Å². The van der Waals surface area contributed by atoms with Crippen LogP contribution in [0, 0.1) is 6.92 Å². The Morgan fingerprint density at radius 3 is 2.66 bits per heavy atom. The van der Waals surface area contributed by atoms with Gasteiger partial charge in [-0.15, -0.1) is 13.2 Å². The highest BCUT2D eigenvalue weighted by atomic mass is 19.4. The molecule has 0 aliphatic rings. The van der Waals surface area contributed by atoms with Gasteiger partial charge in [0, 0.05) is 30.5 Å². The summed E-state index contributed by atoms with van der Waals surface area (Å²) in [4.78, 5) is 19.9. The number of amides is 1. The van der Waals surface area contributed by atoms with Crippen molar-refractivity contribution in [2.24, 2.45) is 0 Å². The molecule has 0 atom stereocenters. The van der Waals surface area contributed by atoms with E-state index < -0.39 is 12.5 Å². The SMILES string of the molecule is CCOC(=O)NCCNc1cc(Cn2nc(-c3nc(-c4ccc(OC(F)(F)F)cc4)no3)cc2C)ccn1. The lowest BCUT2D eigenvalue weighted by Crippen LogP contribution is -2.29. The molecular weight excluding hydrogens is 507 g/mol. The van der Waals surface area contributed by atoms with Crippen LogP contribution in [0.2, 0.25) is 0 Å². The number of nitrogens with zero attached hydrogens (tertiary/aromatic N) is 5. The molecule has 0 spiro atoms. The van der Waals surface area contributed by atoms with Crippen molar-refractivity contribution in [1.29, 1.82) is 0 Å². The molecule has 2 N–H and O–H groups in total. The highest BCUT2D eigenvalue weighted by Crippen LogP contribution is 2.27. The lowest BCUT2D eigenvalue weighted by atomic mass is 10.2. The van der Waals surface area contributed by atoms with E-state index in [2.05, 4.69) is 35.6 Å². The van der Waals surface area contributed by atoms with Gasteiger partial charge >= 0.3 is 12.5 Å². The number of aromatic nitrogens is 5. The number of aryl methyl sites for hydroxylation is 1. The first-order chi connectivity index (χ1) is 18.2. The molecule has 4 rings (SSSR count). The molecule has 0 radical (unpaired) electrons. The quantitative estimate of drug-likeness (QED) is 0.286. The van der Waals surface area contributed by atoms with Crippen LogP contribution >= 0.6 is 0 Å². The molecule has 0 saturated carbocycles. The van der Waals surface area contributed by atoms with Gasteiger partial charge in [0.2, 0.25) is 5.82 Å². The van der Waals surface area contributed by atoms with E-state index in [4.69, 9.17) is 9.26 Å². The van der Waals surface area contributed by atoms with Crippen molar-refractivity contribution in [1.82, 2.24) is 30.2 Å². The van der Waals surface area contributed by atoms with Crippen LogP contribution < -0.4 is 15.4 Å². The van der Waals surface area contributed by atoms with E-state index in [1.807, 2.05) is 19.1 Å². The second-order valence-electron chi connectivity index (χ2n) is 7.95. The third kappa shape index (κ3) is 7.21. The van der Waals surface area contributed by atoms with Crippen molar-refractivity contribution in [3.05, 3.63) is 59.9 Å². The molecule has 3 aromatic heterocycles. The molecule has 0 bridgehead atoms. The number of hydrogen-bond donors (Lipinski definition) is 2. The number of anilines is 1. The molecule has 0 unspecified atom stereocenters. The maximum absolute atomic E-state index is 12.4. The van der Waals surface area contributed by atoms with E-state index in [9.17, 15) is 18.0 Å². The first-order valence-electron chi connectivity index (χ1n) is 11.5. The van der Waals surface area contributed by atoms with Crippen LogP contribution in [0.25, 0.3) is 23.0 Å². The molecular formula is C24H24F3N7O4. The fourth-order valence-electron chi connectivity index (χ4n) is 3.40. The Labute approximate surface area is 215 Å². The van der Waals surface area contributed by atoms with Crippen molar-refractivity contribution < 1.29 is 32.0 Å². The smallest absolute Gasteiger partial charge is 0.450 e. The molecule has 0 aliphatic carbocycles. The predicted molar refractivity (Wildman–Crippen MR) is 129 cm³/mol. The van der Waals surface area contributed by atoms with Crippen LogP contribution in [0.3, 0.4) is 0 Å². The Balaban J connectivity index is 1.38. The minimum atomic E-state index is -4.77. The number of benzene rings is 1. The zero-order valence-electron chi connectivity index (χ0n) is 20.5. The number of alkyl halides is 3. The monoisotopic (exact) mass is 531 g/mol. The van der Waals surface area contributed by atoms with Gasteiger partial charge < -0.3 is 24.6 Å². The first-order valence-corrected chi connectivity index (χ1v) is 11.5. The number of rotatable bonds is 10. The predicted octanol–water partition coefficient (Wildman–Crippen LogP) is 4.41. The second-order valence-corrected chi connectivity index (χ2v) is 7.95. The maximum Gasteiger partial charge on any atom is 0.573 e. The maximum atomic E-state index is 12.4. The van der Waals surface area contributed by atoms with Crippen molar-refractivity contribution in [3.63, 3.8) is 0 Å². The summed E-state index contributed by atoms with van der Waals surface area (Å²) < 4.78 is 52.9. The molecule has 1 amide bonds. The number of carbonyl (C=O) groups excluding carboxylic acids is 1. The third-order valence-electron chi connectivity index (χ3n) is 5.11. The molecule has 0 saturated heterocycles. The average molecular weight is 531 g/mol. The Morgan fingerprint density at radius 2 is 1.92 bits per heavy atom. The lowest BCUT2D eigenvalue weighted by Gasteiger charge is -2.09. The largest absolute Gasteiger partial charge is 0.573 e. The van der Waals surface area contributed by atoms with Crippen LogP contribution in [0.5, 0.6) is 5.75 Å². The Hall–Kier alpha value is -4.62. The Morgan fingerprint density at radius 1 is 1.13 bits per heavy atom. The molecule has 38 heavy (non-hydrogen) atoms. The van der Waals surface area contributed by atoms with Crippen LogP contribution in [0.4, 0.5) is 23.8 Å². The van der Waals surface area contributed by atoms with E-state index in [1.165, 1.54) is 24.3 Å². The van der Waals surface area contributed by atoms with Gasteiger partial charge in [-0.3, -0.25) is 4.68 Å². The third-order valence-corrected chi connectivity index (χ3v) is 5.11. The summed E-state index contributed by atoms with van der Waals surface area (Å²) in [5.74, 6) is 0.672. The molecule has 200 valence electrons. The van der Waals surface area contributed by atoms with Gasteiger partial charge in [0.15, 0.2) is 5.69 Å². The molecule has 0 aliphatic heterocycles. The Bertz CT molecular complexity index is 1370. The normalized spacial score (nSPS) is 11.3. The fraction of sp³-hybridized carbons (Fsp3) is 0.292. The van der Waals surface area contributed by atoms with Gasteiger partial charge in [0.25, 0.3) is 5.89 Å². The van der Waals surface area contributed by atoms with E-state index in [0.29, 0.717) is 43.3 Å². The number of ether oxygens (including phenoxy) is 2. The van der Waals surface area contributed by atoms with Gasteiger partial charge in [0.1, 0.15) is 11.6 Å². The van der Waals surface area contributed by atoms with Gasteiger partial charge in [-0.1, -0.05) is 5.16 Å². The summed E-state index contributed by atoms with van der Waals surface area (Å²) in [5.41, 5.74) is 2.69. The van der Waals surface area contributed by atoms with E-state index in [1.54, 1.807) is 23.9 Å². The average Bonchev–Trinajstić information content (AvgIpc) is 3.49. The van der Waals surface area contributed by atoms with E-state index in [-0.39, 0.29) is 17.5 Å². The van der Waals surface area contributed by atoms with Gasteiger partial charge in [0.05, 0.1) is 13.2 Å². The van der Waals surface area contributed by atoms with Crippen molar-refractivity contribution in [2.75, 3.05) is 25.0 Å². The summed E-state index contributed by atoms with van der Waals surface area (Å²) >= 11 is 0. The lowest BCUT2D eigenvalue weighted by molar-refractivity contribution is -0.274. The van der Waals surface area contributed by atoms with E-state index >= 15 is 0 Å². The molecule has 14 heteroatoms. The highest BCUT2D eigenvalue weighted by molar-refractivity contribution is 5.67. The topological polar surface area (TPSA) is 129 Å².